The zero-order valence-corrected chi connectivity index (χ0v) is 16.4. The Bertz CT molecular complexity index is 647. The molecule has 2 aliphatic heterocycles. The minimum atomic E-state index is -0.256. The summed E-state index contributed by atoms with van der Waals surface area (Å²) in [6.07, 6.45) is 8.74. The fraction of sp³-hybridized carbons (Fsp3) is 0.789. The van der Waals surface area contributed by atoms with Crippen LogP contribution in [0.25, 0.3) is 0 Å². The number of rotatable bonds is 5. The molecule has 3 N–H and O–H groups in total. The van der Waals surface area contributed by atoms with Crippen LogP contribution in [0.5, 0.6) is 0 Å². The van der Waals surface area contributed by atoms with Gasteiger partial charge in [0.15, 0.2) is 11.6 Å². The summed E-state index contributed by atoms with van der Waals surface area (Å²) < 4.78 is 5.49. The third-order valence-corrected chi connectivity index (χ3v) is 6.30. The Labute approximate surface area is 163 Å². The van der Waals surface area contributed by atoms with Crippen LogP contribution in [0.15, 0.2) is 0 Å². The summed E-state index contributed by atoms with van der Waals surface area (Å²) in [5.41, 5.74) is 7.14. The predicted octanol–water partition coefficient (Wildman–Crippen LogP) is 2.19. The van der Waals surface area contributed by atoms with E-state index >= 15 is 0 Å². The van der Waals surface area contributed by atoms with Crippen molar-refractivity contribution in [1.29, 1.82) is 0 Å². The van der Waals surface area contributed by atoms with Gasteiger partial charge < -0.3 is 25.6 Å². The van der Waals surface area contributed by atoms with E-state index in [-0.39, 0.29) is 6.07 Å². The second kappa shape index (κ2) is 8.13. The van der Waals surface area contributed by atoms with E-state index in [1.807, 2.05) is 11.9 Å². The van der Waals surface area contributed by atoms with E-state index in [0.717, 1.165) is 50.7 Å². The molecule has 3 heterocycles. The molecule has 7 nitrogen and oxygen atoms in total. The highest BCUT2D eigenvalue weighted by Gasteiger charge is 2.35. The average Bonchev–Trinajstić information content (AvgIpc) is 2.93. The van der Waals surface area contributed by atoms with Gasteiger partial charge in [-0.25, -0.2) is 0 Å². The lowest BCUT2D eigenvalue weighted by atomic mass is 9.89. The molecule has 1 atom stereocenters. The van der Waals surface area contributed by atoms with Crippen LogP contribution in [0.3, 0.4) is 0 Å². The van der Waals surface area contributed by atoms with Crippen LogP contribution in [-0.4, -0.2) is 57.2 Å². The number of nitrogens with zero attached hydrogens (tertiary/aromatic N) is 4. The minimum Gasteiger partial charge on any atom is -0.382 e. The number of hydrogen-bond acceptors (Lipinski definition) is 7. The third kappa shape index (κ3) is 3.95. The largest absolute Gasteiger partial charge is 0.382 e. The second-order valence-corrected chi connectivity index (χ2v) is 8.22. The molecule has 0 bridgehead atoms. The number of nitrogens with two attached hydrogens (primary N) is 1. The molecule has 1 aromatic heterocycles. The van der Waals surface area contributed by atoms with Gasteiger partial charge in [0, 0.05) is 33.4 Å². The molecule has 2 radical (unpaired) electrons. The number of ether oxygens (including phenoxy) is 1. The molecule has 2 fully saturated rings. The van der Waals surface area contributed by atoms with Crippen LogP contribution in [0.2, 0.25) is 0 Å². The molecule has 1 unspecified atom stereocenters. The zero-order valence-electron chi connectivity index (χ0n) is 16.4. The zero-order chi connectivity index (χ0) is 18.8. The Kier molecular flexibility index (Phi) is 5.62. The van der Waals surface area contributed by atoms with Crippen LogP contribution in [-0.2, 0) is 4.74 Å². The van der Waals surface area contributed by atoms with Crippen molar-refractivity contribution >= 4 is 31.1 Å². The van der Waals surface area contributed by atoms with Gasteiger partial charge in [0.1, 0.15) is 13.5 Å². The van der Waals surface area contributed by atoms with Gasteiger partial charge in [0.05, 0.1) is 6.07 Å². The van der Waals surface area contributed by atoms with E-state index < -0.39 is 0 Å². The lowest BCUT2D eigenvalue weighted by Crippen LogP contribution is -2.44. The normalized spacial score (nSPS) is 24.3. The Balaban J connectivity index is 1.50. The summed E-state index contributed by atoms with van der Waals surface area (Å²) in [6, 6.07) is -0.256. The average molecular weight is 370 g/mol. The highest BCUT2D eigenvalue weighted by molar-refractivity contribution is 6.17. The van der Waals surface area contributed by atoms with Gasteiger partial charge in [0.2, 0.25) is 5.95 Å². The molecule has 0 spiro atoms. The van der Waals surface area contributed by atoms with E-state index in [2.05, 4.69) is 15.2 Å². The summed E-state index contributed by atoms with van der Waals surface area (Å²) in [7, 11) is 8.44. The van der Waals surface area contributed by atoms with Gasteiger partial charge in [0.25, 0.3) is 0 Å². The van der Waals surface area contributed by atoms with E-state index in [1.54, 1.807) is 0 Å². The lowest BCUT2D eigenvalue weighted by molar-refractivity contribution is 0.0681. The number of fused-ring (bicyclic) bond motifs is 1. The van der Waals surface area contributed by atoms with Gasteiger partial charge in [-0.15, -0.1) is 0 Å². The maximum atomic E-state index is 6.48. The number of hydrogen-bond donors (Lipinski definition) is 2. The van der Waals surface area contributed by atoms with Crippen molar-refractivity contribution in [2.75, 3.05) is 54.2 Å². The van der Waals surface area contributed by atoms with Crippen molar-refractivity contribution in [1.82, 2.24) is 9.97 Å². The standard InChI is InChI=1S/C19H31BN6O/c1-25-15-16(21)23-19(22-11-13-5-3-2-4-6-13)24-17(15)26(18(25)20)12-14-7-9-27-10-8-14/h13-14,18H,2-12H2,1H3,(H3,21,22,23,24). The summed E-state index contributed by atoms with van der Waals surface area (Å²) in [4.78, 5) is 13.5. The topological polar surface area (TPSA) is 79.5 Å². The van der Waals surface area contributed by atoms with E-state index in [4.69, 9.17) is 23.3 Å². The number of nitrogen functional groups attached to an aromatic ring is 1. The van der Waals surface area contributed by atoms with Gasteiger partial charge in [-0.05, 0) is 37.5 Å². The molecule has 4 rings (SSSR count). The Morgan fingerprint density at radius 1 is 1.11 bits per heavy atom. The van der Waals surface area contributed by atoms with Crippen LogP contribution < -0.4 is 20.9 Å². The number of anilines is 4. The van der Waals surface area contributed by atoms with E-state index in [9.17, 15) is 0 Å². The van der Waals surface area contributed by atoms with E-state index in [1.165, 1.54) is 32.1 Å². The fourth-order valence-electron chi connectivity index (χ4n) is 4.57. The maximum Gasteiger partial charge on any atom is 0.226 e. The fourth-order valence-corrected chi connectivity index (χ4v) is 4.57. The van der Waals surface area contributed by atoms with Crippen LogP contribution in [0, 0.1) is 11.8 Å². The Morgan fingerprint density at radius 3 is 2.59 bits per heavy atom. The van der Waals surface area contributed by atoms with Crippen molar-refractivity contribution < 1.29 is 4.74 Å². The molecule has 1 saturated carbocycles. The van der Waals surface area contributed by atoms with Crippen molar-refractivity contribution in [2.45, 2.75) is 51.0 Å². The van der Waals surface area contributed by atoms with Crippen molar-refractivity contribution in [3.05, 3.63) is 0 Å². The Hall–Kier alpha value is -1.70. The molecule has 8 heteroatoms. The first-order chi connectivity index (χ1) is 13.1. The highest BCUT2D eigenvalue weighted by Crippen LogP contribution is 2.41. The minimum absolute atomic E-state index is 0.256. The molecule has 0 aromatic carbocycles. The molecule has 1 aromatic rings. The molecular formula is C19H31BN6O. The third-order valence-electron chi connectivity index (χ3n) is 6.30. The molecule has 1 saturated heterocycles. The van der Waals surface area contributed by atoms with Gasteiger partial charge in [-0.2, -0.15) is 9.97 Å². The van der Waals surface area contributed by atoms with Crippen molar-refractivity contribution in [3.63, 3.8) is 0 Å². The molecule has 146 valence electrons. The van der Waals surface area contributed by atoms with Crippen LogP contribution >= 0.6 is 0 Å². The monoisotopic (exact) mass is 370 g/mol. The summed E-state index contributed by atoms with van der Waals surface area (Å²) in [5, 5.41) is 3.43. The summed E-state index contributed by atoms with van der Waals surface area (Å²) >= 11 is 0. The predicted molar refractivity (Wildman–Crippen MR) is 110 cm³/mol. The van der Waals surface area contributed by atoms with Crippen LogP contribution in [0.1, 0.15) is 44.9 Å². The first-order valence-corrected chi connectivity index (χ1v) is 10.4. The summed E-state index contributed by atoms with van der Waals surface area (Å²) in [5.74, 6) is 3.25. The Morgan fingerprint density at radius 2 is 1.85 bits per heavy atom. The smallest absolute Gasteiger partial charge is 0.226 e. The van der Waals surface area contributed by atoms with Gasteiger partial charge in [-0.1, -0.05) is 19.3 Å². The number of nitrogens with one attached hydrogen (secondary N) is 1. The SMILES string of the molecule is [B]C1N(C)c2c(N)nc(NCC3CCCCC3)nc2N1CC1CCOCC1. The van der Waals surface area contributed by atoms with Crippen molar-refractivity contribution in [3.8, 4) is 0 Å². The van der Waals surface area contributed by atoms with Crippen LogP contribution in [0.4, 0.5) is 23.3 Å². The first kappa shape index (κ1) is 18.7. The molecule has 1 aliphatic carbocycles. The van der Waals surface area contributed by atoms with Gasteiger partial charge >= 0.3 is 0 Å². The highest BCUT2D eigenvalue weighted by atomic mass is 16.5. The quantitative estimate of drug-likeness (QED) is 0.769. The molecule has 0 amide bonds. The molecule has 27 heavy (non-hydrogen) atoms. The number of aromatic nitrogens is 2. The van der Waals surface area contributed by atoms with Crippen molar-refractivity contribution in [2.24, 2.45) is 11.8 Å². The first-order valence-electron chi connectivity index (χ1n) is 10.4. The second-order valence-electron chi connectivity index (χ2n) is 8.22. The maximum absolute atomic E-state index is 6.48. The molecular weight excluding hydrogens is 339 g/mol. The lowest BCUT2D eigenvalue weighted by Gasteiger charge is -2.32. The summed E-state index contributed by atoms with van der Waals surface area (Å²) in [6.45, 7) is 3.45. The van der Waals surface area contributed by atoms with E-state index in [0.29, 0.717) is 23.6 Å². The van der Waals surface area contributed by atoms with Gasteiger partial charge in [-0.3, -0.25) is 0 Å². The molecule has 3 aliphatic rings.